The molecule has 1 unspecified atom stereocenters. The van der Waals surface area contributed by atoms with Crippen LogP contribution >= 0.6 is 0 Å². The van der Waals surface area contributed by atoms with Crippen LogP contribution in [0.15, 0.2) is 36.4 Å². The summed E-state index contributed by atoms with van der Waals surface area (Å²) in [7, 11) is 0. The molecule has 0 spiro atoms. The van der Waals surface area contributed by atoms with Gasteiger partial charge in [-0.2, -0.15) is 0 Å². The Morgan fingerprint density at radius 1 is 1.06 bits per heavy atom. The summed E-state index contributed by atoms with van der Waals surface area (Å²) in [5, 5.41) is 2.90. The number of aryl methyl sites for hydroxylation is 1. The van der Waals surface area contributed by atoms with Crippen LogP contribution in [0.4, 0.5) is 21.5 Å². The summed E-state index contributed by atoms with van der Waals surface area (Å²) < 4.78 is 14.4. The normalized spacial score (nSPS) is 18.7. The average Bonchev–Trinajstić information content (AvgIpc) is 3.16. The summed E-state index contributed by atoms with van der Waals surface area (Å²) in [6.45, 7) is 3.59. The lowest BCUT2D eigenvalue weighted by molar-refractivity contribution is -0.122. The van der Waals surface area contributed by atoms with Gasteiger partial charge in [0.15, 0.2) is 0 Å². The number of nitrogens with two attached hydrogens (primary N) is 1. The second-order valence-corrected chi connectivity index (χ2v) is 8.49. The molecule has 32 heavy (non-hydrogen) atoms. The van der Waals surface area contributed by atoms with Crippen LogP contribution in [0.3, 0.4) is 0 Å². The van der Waals surface area contributed by atoms with Gasteiger partial charge >= 0.3 is 0 Å². The lowest BCUT2D eigenvalue weighted by atomic mass is 10.1. The number of amides is 3. The molecule has 2 fully saturated rings. The molecule has 0 aromatic heterocycles. The summed E-state index contributed by atoms with van der Waals surface area (Å²) in [5.74, 6) is -2.33. The Morgan fingerprint density at radius 2 is 1.78 bits per heavy atom. The van der Waals surface area contributed by atoms with Crippen molar-refractivity contribution in [2.75, 3.05) is 34.8 Å². The molecule has 0 aliphatic carbocycles. The third-order valence-corrected chi connectivity index (χ3v) is 6.13. The zero-order valence-corrected chi connectivity index (χ0v) is 18.1. The van der Waals surface area contributed by atoms with Crippen molar-refractivity contribution in [3.8, 4) is 0 Å². The van der Waals surface area contributed by atoms with E-state index in [4.69, 9.17) is 5.73 Å². The fourth-order valence-electron chi connectivity index (χ4n) is 4.38. The van der Waals surface area contributed by atoms with Gasteiger partial charge in [-0.3, -0.25) is 14.4 Å². The monoisotopic (exact) mass is 438 g/mol. The second kappa shape index (κ2) is 8.98. The fourth-order valence-corrected chi connectivity index (χ4v) is 4.38. The molecule has 2 aromatic carbocycles. The van der Waals surface area contributed by atoms with Crippen LogP contribution in [0.2, 0.25) is 0 Å². The molecular formula is C24H27FN4O3. The molecule has 1 atom stereocenters. The molecule has 2 aliphatic heterocycles. The molecule has 2 heterocycles. The Morgan fingerprint density at radius 3 is 2.47 bits per heavy atom. The number of nitrogens with zero attached hydrogens (tertiary/aromatic N) is 2. The number of primary amides is 1. The number of hydrogen-bond donors (Lipinski definition) is 2. The largest absolute Gasteiger partial charge is 0.370 e. The third kappa shape index (κ3) is 4.44. The Labute approximate surface area is 186 Å². The minimum Gasteiger partial charge on any atom is -0.370 e. The van der Waals surface area contributed by atoms with Crippen LogP contribution in [-0.2, 0) is 9.59 Å². The van der Waals surface area contributed by atoms with Crippen LogP contribution in [-0.4, -0.2) is 37.4 Å². The number of piperidine rings is 1. The quantitative estimate of drug-likeness (QED) is 0.749. The van der Waals surface area contributed by atoms with Crippen molar-refractivity contribution in [2.24, 2.45) is 11.7 Å². The van der Waals surface area contributed by atoms with E-state index in [0.717, 1.165) is 43.6 Å². The van der Waals surface area contributed by atoms with Crippen LogP contribution in [0, 0.1) is 18.7 Å². The Balaban J connectivity index is 1.55. The number of carbonyl (C=O) groups is 3. The number of benzene rings is 2. The van der Waals surface area contributed by atoms with E-state index in [1.54, 1.807) is 37.3 Å². The van der Waals surface area contributed by atoms with Gasteiger partial charge in [-0.25, -0.2) is 4.39 Å². The number of halogens is 1. The molecule has 4 rings (SSSR count). The third-order valence-electron chi connectivity index (χ3n) is 6.13. The number of nitrogens with one attached hydrogen (secondary N) is 1. The highest BCUT2D eigenvalue weighted by Gasteiger charge is 2.36. The van der Waals surface area contributed by atoms with Gasteiger partial charge in [-0.15, -0.1) is 0 Å². The second-order valence-electron chi connectivity index (χ2n) is 8.49. The van der Waals surface area contributed by atoms with Crippen LogP contribution in [0.5, 0.6) is 0 Å². The number of hydrogen-bond acceptors (Lipinski definition) is 4. The molecule has 8 heteroatoms. The summed E-state index contributed by atoms with van der Waals surface area (Å²) in [6.07, 6.45) is 3.26. The molecular weight excluding hydrogens is 411 g/mol. The maximum absolute atomic E-state index is 14.4. The summed E-state index contributed by atoms with van der Waals surface area (Å²) in [6, 6.07) is 9.71. The molecule has 0 radical (unpaired) electrons. The lowest BCUT2D eigenvalue weighted by Crippen LogP contribution is -2.32. The smallest absolute Gasteiger partial charge is 0.248 e. The van der Waals surface area contributed by atoms with Crippen LogP contribution < -0.4 is 20.9 Å². The van der Waals surface area contributed by atoms with Crippen LogP contribution in [0.1, 0.15) is 41.6 Å². The van der Waals surface area contributed by atoms with E-state index in [1.807, 2.05) is 0 Å². The highest BCUT2D eigenvalue weighted by Crippen LogP contribution is 2.32. The molecule has 3 amide bonds. The van der Waals surface area contributed by atoms with Gasteiger partial charge in [0.25, 0.3) is 0 Å². The van der Waals surface area contributed by atoms with E-state index in [-0.39, 0.29) is 30.5 Å². The summed E-state index contributed by atoms with van der Waals surface area (Å²) in [5.41, 5.74) is 8.00. The van der Waals surface area contributed by atoms with Gasteiger partial charge in [0.2, 0.25) is 17.7 Å². The van der Waals surface area contributed by atoms with Crippen molar-refractivity contribution in [1.82, 2.24) is 0 Å². The maximum Gasteiger partial charge on any atom is 0.248 e. The number of anilines is 3. The first kappa shape index (κ1) is 21.8. The lowest BCUT2D eigenvalue weighted by Gasteiger charge is -2.31. The van der Waals surface area contributed by atoms with E-state index in [2.05, 4.69) is 10.2 Å². The predicted octanol–water partition coefficient (Wildman–Crippen LogP) is 3.21. The van der Waals surface area contributed by atoms with Crippen molar-refractivity contribution in [2.45, 2.75) is 32.6 Å². The Hall–Kier alpha value is -3.42. The summed E-state index contributed by atoms with van der Waals surface area (Å²) >= 11 is 0. The van der Waals surface area contributed by atoms with E-state index >= 15 is 0 Å². The van der Waals surface area contributed by atoms with E-state index in [9.17, 15) is 18.8 Å². The molecule has 2 saturated heterocycles. The first-order chi connectivity index (χ1) is 15.3. The van der Waals surface area contributed by atoms with Gasteiger partial charge in [0.1, 0.15) is 5.82 Å². The minimum absolute atomic E-state index is 0.00624. The molecule has 2 aliphatic rings. The first-order valence-electron chi connectivity index (χ1n) is 10.9. The average molecular weight is 439 g/mol. The maximum atomic E-state index is 14.4. The topological polar surface area (TPSA) is 95.7 Å². The van der Waals surface area contributed by atoms with E-state index in [0.29, 0.717) is 11.3 Å². The van der Waals surface area contributed by atoms with E-state index < -0.39 is 17.6 Å². The SMILES string of the molecule is Cc1ccc(N2CC(C(=O)Nc3cc(C(N)=O)ccc3N3CCCCC3)CC2=O)c(F)c1. The molecule has 0 bridgehead atoms. The van der Waals surface area contributed by atoms with Crippen molar-refractivity contribution in [1.29, 1.82) is 0 Å². The van der Waals surface area contributed by atoms with Crippen molar-refractivity contribution >= 4 is 34.8 Å². The van der Waals surface area contributed by atoms with Gasteiger partial charge in [-0.05, 0) is 62.1 Å². The van der Waals surface area contributed by atoms with E-state index in [1.165, 1.54) is 11.0 Å². The number of rotatable bonds is 5. The van der Waals surface area contributed by atoms with Gasteiger partial charge in [0, 0.05) is 31.6 Å². The standard InChI is InChI=1S/C24H27FN4O3/c1-15-5-7-20(18(25)11-15)29-14-17(13-22(29)30)24(32)27-19-12-16(23(26)31)6-8-21(19)28-9-3-2-4-10-28/h5-8,11-12,17H,2-4,9-10,13-14H2,1H3,(H2,26,31)(H,27,32). The molecule has 2 aromatic rings. The highest BCUT2D eigenvalue weighted by molar-refractivity contribution is 6.05. The van der Waals surface area contributed by atoms with Crippen LogP contribution in [0.25, 0.3) is 0 Å². The van der Waals surface area contributed by atoms with Crippen molar-refractivity contribution in [3.63, 3.8) is 0 Å². The number of carbonyl (C=O) groups excluding carboxylic acids is 3. The molecule has 7 nitrogen and oxygen atoms in total. The molecule has 168 valence electrons. The van der Waals surface area contributed by atoms with Gasteiger partial charge < -0.3 is 20.9 Å². The summed E-state index contributed by atoms with van der Waals surface area (Å²) in [4.78, 5) is 40.8. The van der Waals surface area contributed by atoms with Gasteiger partial charge in [0.05, 0.1) is 23.0 Å². The Bertz CT molecular complexity index is 1070. The molecule has 3 N–H and O–H groups in total. The Kier molecular flexibility index (Phi) is 6.12. The highest BCUT2D eigenvalue weighted by atomic mass is 19.1. The minimum atomic E-state index is -0.630. The zero-order chi connectivity index (χ0) is 22.8. The first-order valence-corrected chi connectivity index (χ1v) is 10.9. The van der Waals surface area contributed by atoms with Crippen molar-refractivity contribution < 1.29 is 18.8 Å². The fraction of sp³-hybridized carbons (Fsp3) is 0.375. The zero-order valence-electron chi connectivity index (χ0n) is 18.1. The van der Waals surface area contributed by atoms with Crippen molar-refractivity contribution in [3.05, 3.63) is 53.3 Å². The molecule has 0 saturated carbocycles. The predicted molar refractivity (Wildman–Crippen MR) is 121 cm³/mol. The van der Waals surface area contributed by atoms with Gasteiger partial charge in [-0.1, -0.05) is 6.07 Å².